The van der Waals surface area contributed by atoms with E-state index in [1.165, 1.54) is 0 Å². The minimum absolute atomic E-state index is 0.556. The Bertz CT molecular complexity index is 339. The van der Waals surface area contributed by atoms with Crippen molar-refractivity contribution in [1.29, 1.82) is 0 Å². The molecule has 2 heterocycles. The number of nitrogens with two attached hydrogens (primary N) is 1. The van der Waals surface area contributed by atoms with Crippen molar-refractivity contribution in [2.24, 2.45) is 0 Å². The molecule has 0 radical (unpaired) electrons. The third-order valence-electron chi connectivity index (χ3n) is 3.08. The third-order valence-corrected chi connectivity index (χ3v) is 3.08. The van der Waals surface area contributed by atoms with Crippen LogP contribution >= 0.6 is 0 Å². The first-order valence-corrected chi connectivity index (χ1v) is 5.34. The average Bonchev–Trinajstić information content (AvgIpc) is 2.23. The van der Waals surface area contributed by atoms with E-state index in [0.29, 0.717) is 6.04 Å². The number of likely N-dealkylation sites (N-methyl/N-ethyl adjacent to an activating group) is 1. The first kappa shape index (κ1) is 10.2. The summed E-state index contributed by atoms with van der Waals surface area (Å²) < 4.78 is 0. The summed E-state index contributed by atoms with van der Waals surface area (Å²) >= 11 is 0. The van der Waals surface area contributed by atoms with Gasteiger partial charge in [-0.2, -0.15) is 0 Å². The maximum Gasteiger partial charge on any atom is 0.151 e. The second-order valence-corrected chi connectivity index (χ2v) is 4.19. The summed E-state index contributed by atoms with van der Waals surface area (Å²) in [6.45, 7) is 5.29. The van der Waals surface area contributed by atoms with Crippen LogP contribution in [0.25, 0.3) is 0 Å². The van der Waals surface area contributed by atoms with E-state index < -0.39 is 0 Å². The molecule has 1 aromatic heterocycles. The van der Waals surface area contributed by atoms with Crippen LogP contribution in [0.15, 0.2) is 18.3 Å². The lowest BCUT2D eigenvalue weighted by Crippen LogP contribution is -2.50. The van der Waals surface area contributed by atoms with E-state index in [2.05, 4.69) is 28.8 Å². The van der Waals surface area contributed by atoms with Gasteiger partial charge in [-0.1, -0.05) is 0 Å². The summed E-state index contributed by atoms with van der Waals surface area (Å²) in [5.74, 6) is 0.928. The minimum Gasteiger partial charge on any atom is -0.396 e. The molecule has 1 unspecified atom stereocenters. The molecule has 1 atom stereocenters. The van der Waals surface area contributed by atoms with E-state index in [-0.39, 0.29) is 0 Å². The van der Waals surface area contributed by atoms with Crippen molar-refractivity contribution in [1.82, 2.24) is 9.88 Å². The maximum absolute atomic E-state index is 5.91. The highest BCUT2D eigenvalue weighted by Crippen LogP contribution is 2.21. The van der Waals surface area contributed by atoms with E-state index >= 15 is 0 Å². The summed E-state index contributed by atoms with van der Waals surface area (Å²) in [5.41, 5.74) is 6.69. The molecule has 0 aromatic carbocycles. The van der Waals surface area contributed by atoms with Crippen molar-refractivity contribution in [2.75, 3.05) is 37.3 Å². The third kappa shape index (κ3) is 2.04. The standard InChI is InChI=1S/C11H18N4/c1-9-8-15(7-6-14(9)2)11-10(12)4-3-5-13-11/h3-5,9H,6-8,12H2,1-2H3. The second kappa shape index (κ2) is 4.06. The number of aromatic nitrogens is 1. The van der Waals surface area contributed by atoms with Gasteiger partial charge in [0, 0.05) is 31.9 Å². The van der Waals surface area contributed by atoms with Crippen LogP contribution in [0.5, 0.6) is 0 Å². The van der Waals surface area contributed by atoms with Gasteiger partial charge in [-0.25, -0.2) is 4.98 Å². The Morgan fingerprint density at radius 2 is 2.27 bits per heavy atom. The lowest BCUT2D eigenvalue weighted by atomic mass is 10.2. The van der Waals surface area contributed by atoms with E-state index in [4.69, 9.17) is 5.73 Å². The predicted molar refractivity (Wildman–Crippen MR) is 63.0 cm³/mol. The largest absolute Gasteiger partial charge is 0.396 e. The monoisotopic (exact) mass is 206 g/mol. The van der Waals surface area contributed by atoms with Crippen molar-refractivity contribution < 1.29 is 0 Å². The highest BCUT2D eigenvalue weighted by atomic mass is 15.3. The molecule has 82 valence electrons. The number of piperazine rings is 1. The quantitative estimate of drug-likeness (QED) is 0.738. The minimum atomic E-state index is 0.556. The fourth-order valence-corrected chi connectivity index (χ4v) is 1.91. The summed E-state index contributed by atoms with van der Waals surface area (Å²) in [4.78, 5) is 8.96. The Morgan fingerprint density at radius 3 is 2.93 bits per heavy atom. The molecule has 1 aliphatic heterocycles. The summed E-state index contributed by atoms with van der Waals surface area (Å²) in [5, 5.41) is 0. The average molecular weight is 206 g/mol. The van der Waals surface area contributed by atoms with Gasteiger partial charge in [-0.3, -0.25) is 0 Å². The molecule has 15 heavy (non-hydrogen) atoms. The van der Waals surface area contributed by atoms with Gasteiger partial charge in [0.25, 0.3) is 0 Å². The SMILES string of the molecule is CC1CN(c2ncccc2N)CCN1C. The first-order chi connectivity index (χ1) is 7.18. The summed E-state index contributed by atoms with van der Waals surface area (Å²) in [6.07, 6.45) is 1.80. The van der Waals surface area contributed by atoms with Gasteiger partial charge in [0.05, 0.1) is 5.69 Å². The number of pyridine rings is 1. The number of anilines is 2. The zero-order chi connectivity index (χ0) is 10.8. The number of nitrogens with zero attached hydrogens (tertiary/aromatic N) is 3. The van der Waals surface area contributed by atoms with Crippen LogP contribution in [-0.2, 0) is 0 Å². The number of hydrogen-bond donors (Lipinski definition) is 1. The van der Waals surface area contributed by atoms with Crippen LogP contribution in [0.3, 0.4) is 0 Å². The van der Waals surface area contributed by atoms with Gasteiger partial charge in [-0.15, -0.1) is 0 Å². The predicted octanol–water partition coefficient (Wildman–Crippen LogP) is 0.804. The van der Waals surface area contributed by atoms with Gasteiger partial charge >= 0.3 is 0 Å². The molecule has 4 nitrogen and oxygen atoms in total. The molecule has 0 saturated carbocycles. The Morgan fingerprint density at radius 1 is 1.47 bits per heavy atom. The molecule has 0 aliphatic carbocycles. The number of rotatable bonds is 1. The Balaban J connectivity index is 2.15. The van der Waals surface area contributed by atoms with Gasteiger partial charge in [-0.05, 0) is 26.1 Å². The maximum atomic E-state index is 5.91. The molecular weight excluding hydrogens is 188 g/mol. The van der Waals surface area contributed by atoms with Crippen LogP contribution in [0.1, 0.15) is 6.92 Å². The second-order valence-electron chi connectivity index (χ2n) is 4.19. The van der Waals surface area contributed by atoms with Crippen molar-refractivity contribution >= 4 is 11.5 Å². The van der Waals surface area contributed by atoms with E-state index in [9.17, 15) is 0 Å². The van der Waals surface area contributed by atoms with Gasteiger partial charge in [0.15, 0.2) is 5.82 Å². The van der Waals surface area contributed by atoms with Gasteiger partial charge in [0.2, 0.25) is 0 Å². The number of hydrogen-bond acceptors (Lipinski definition) is 4. The molecule has 2 N–H and O–H groups in total. The molecule has 0 bridgehead atoms. The molecule has 0 spiro atoms. The molecule has 1 fully saturated rings. The zero-order valence-corrected chi connectivity index (χ0v) is 9.35. The van der Waals surface area contributed by atoms with Crippen LogP contribution in [0.2, 0.25) is 0 Å². The van der Waals surface area contributed by atoms with Crippen molar-refractivity contribution in [3.8, 4) is 0 Å². The molecule has 2 rings (SSSR count). The Labute approximate surface area is 90.7 Å². The van der Waals surface area contributed by atoms with E-state index in [1.807, 2.05) is 12.1 Å². The molecule has 1 aromatic rings. The fraction of sp³-hybridized carbons (Fsp3) is 0.545. The van der Waals surface area contributed by atoms with Gasteiger partial charge in [0.1, 0.15) is 0 Å². The summed E-state index contributed by atoms with van der Waals surface area (Å²) in [6, 6.07) is 4.34. The smallest absolute Gasteiger partial charge is 0.151 e. The lowest BCUT2D eigenvalue weighted by molar-refractivity contribution is 0.233. The van der Waals surface area contributed by atoms with Crippen LogP contribution in [0.4, 0.5) is 11.5 Å². The molecular formula is C11H18N4. The molecule has 1 aliphatic rings. The van der Waals surface area contributed by atoms with Crippen molar-refractivity contribution in [2.45, 2.75) is 13.0 Å². The fourth-order valence-electron chi connectivity index (χ4n) is 1.91. The van der Waals surface area contributed by atoms with Crippen molar-refractivity contribution in [3.63, 3.8) is 0 Å². The first-order valence-electron chi connectivity index (χ1n) is 5.34. The summed E-state index contributed by atoms with van der Waals surface area (Å²) in [7, 11) is 2.16. The van der Waals surface area contributed by atoms with E-state index in [0.717, 1.165) is 31.1 Å². The highest BCUT2D eigenvalue weighted by molar-refractivity contribution is 5.62. The van der Waals surface area contributed by atoms with Crippen LogP contribution in [-0.4, -0.2) is 42.6 Å². The lowest BCUT2D eigenvalue weighted by Gasteiger charge is -2.38. The van der Waals surface area contributed by atoms with E-state index in [1.54, 1.807) is 6.20 Å². The topological polar surface area (TPSA) is 45.4 Å². The van der Waals surface area contributed by atoms with Gasteiger partial charge < -0.3 is 15.5 Å². The van der Waals surface area contributed by atoms with Crippen LogP contribution < -0.4 is 10.6 Å². The molecule has 4 heteroatoms. The molecule has 1 saturated heterocycles. The normalized spacial score (nSPS) is 23.1. The van der Waals surface area contributed by atoms with Crippen LogP contribution in [0, 0.1) is 0 Å². The Kier molecular flexibility index (Phi) is 2.77. The molecule has 0 amide bonds. The zero-order valence-electron chi connectivity index (χ0n) is 9.35. The Hall–Kier alpha value is -1.29. The highest BCUT2D eigenvalue weighted by Gasteiger charge is 2.22. The van der Waals surface area contributed by atoms with Crippen molar-refractivity contribution in [3.05, 3.63) is 18.3 Å². The number of nitrogen functional groups attached to an aromatic ring is 1.